The highest BCUT2D eigenvalue weighted by Gasteiger charge is 2.21. The zero-order chi connectivity index (χ0) is 16.3. The first kappa shape index (κ1) is 17.1. The Balaban J connectivity index is 2.44. The summed E-state index contributed by atoms with van der Waals surface area (Å²) in [5.74, 6) is -0.546. The molecule has 22 heavy (non-hydrogen) atoms. The Hall–Kier alpha value is -1.31. The van der Waals surface area contributed by atoms with Crippen LogP contribution in [0.2, 0.25) is 5.02 Å². The first-order valence-electron chi connectivity index (χ1n) is 6.23. The third-order valence-corrected chi connectivity index (χ3v) is 4.79. The predicted molar refractivity (Wildman–Crippen MR) is 87.5 cm³/mol. The van der Waals surface area contributed by atoms with Crippen LogP contribution in [-0.2, 0) is 10.0 Å². The summed E-state index contributed by atoms with van der Waals surface area (Å²) in [6, 6.07) is 8.25. The maximum absolute atomic E-state index is 13.8. The molecule has 0 aliphatic carbocycles. The molecule has 0 saturated carbocycles. The largest absolute Gasteiger partial charge is 0.492 e. The number of halogens is 3. The molecular formula is C14H12BrClFNO3S. The molecule has 0 unspecified atom stereocenters. The minimum Gasteiger partial charge on any atom is -0.492 e. The molecular weight excluding hydrogens is 397 g/mol. The number of hydrogen-bond donors (Lipinski definition) is 1. The first-order chi connectivity index (χ1) is 10.3. The Morgan fingerprint density at radius 2 is 2.00 bits per heavy atom. The molecule has 0 saturated heterocycles. The molecule has 1 N–H and O–H groups in total. The van der Waals surface area contributed by atoms with E-state index in [1.807, 2.05) is 0 Å². The fraction of sp³-hybridized carbons (Fsp3) is 0.143. The minimum absolute atomic E-state index is 0.149. The van der Waals surface area contributed by atoms with Gasteiger partial charge in [-0.15, -0.1) is 0 Å². The van der Waals surface area contributed by atoms with Gasteiger partial charge < -0.3 is 4.74 Å². The van der Waals surface area contributed by atoms with Gasteiger partial charge in [0, 0.05) is 9.50 Å². The zero-order valence-corrected chi connectivity index (χ0v) is 14.6. The number of anilines is 1. The van der Waals surface area contributed by atoms with Crippen molar-refractivity contribution < 1.29 is 17.5 Å². The monoisotopic (exact) mass is 407 g/mol. The lowest BCUT2D eigenvalue weighted by Gasteiger charge is -2.13. The maximum atomic E-state index is 13.8. The Morgan fingerprint density at radius 3 is 2.64 bits per heavy atom. The van der Waals surface area contributed by atoms with Crippen LogP contribution in [0, 0.1) is 5.82 Å². The highest BCUT2D eigenvalue weighted by Crippen LogP contribution is 2.30. The second-order valence-corrected chi connectivity index (χ2v) is 7.26. The average Bonchev–Trinajstić information content (AvgIpc) is 2.44. The molecule has 0 aliphatic heterocycles. The molecule has 118 valence electrons. The van der Waals surface area contributed by atoms with Gasteiger partial charge in [0.1, 0.15) is 16.5 Å². The van der Waals surface area contributed by atoms with E-state index in [0.717, 1.165) is 0 Å². The van der Waals surface area contributed by atoms with Gasteiger partial charge in [-0.1, -0.05) is 27.5 Å². The fourth-order valence-electron chi connectivity index (χ4n) is 1.74. The lowest BCUT2D eigenvalue weighted by atomic mass is 10.3. The van der Waals surface area contributed by atoms with Crippen molar-refractivity contribution in [2.75, 3.05) is 11.3 Å². The number of rotatable bonds is 5. The molecule has 2 aromatic rings. The topological polar surface area (TPSA) is 55.4 Å². The average molecular weight is 409 g/mol. The van der Waals surface area contributed by atoms with E-state index >= 15 is 0 Å². The summed E-state index contributed by atoms with van der Waals surface area (Å²) in [7, 11) is -4.04. The van der Waals surface area contributed by atoms with E-state index < -0.39 is 15.8 Å². The molecule has 4 nitrogen and oxygen atoms in total. The van der Waals surface area contributed by atoms with Crippen molar-refractivity contribution in [2.24, 2.45) is 0 Å². The highest BCUT2D eigenvalue weighted by atomic mass is 79.9. The van der Waals surface area contributed by atoms with Crippen LogP contribution in [0.15, 0.2) is 45.8 Å². The van der Waals surface area contributed by atoms with Crippen LogP contribution in [0.3, 0.4) is 0 Å². The Bertz CT molecular complexity index is 799. The second kappa shape index (κ2) is 6.85. The fourth-order valence-corrected chi connectivity index (χ4v) is 3.55. The van der Waals surface area contributed by atoms with Gasteiger partial charge in [-0.05, 0) is 43.3 Å². The highest BCUT2D eigenvalue weighted by molar-refractivity contribution is 9.10. The Morgan fingerprint density at radius 1 is 1.27 bits per heavy atom. The summed E-state index contributed by atoms with van der Waals surface area (Å²) in [4.78, 5) is -0.149. The van der Waals surface area contributed by atoms with Crippen LogP contribution >= 0.6 is 27.5 Å². The molecule has 0 amide bonds. The SMILES string of the molecule is CCOc1ccc(Cl)cc1S(=O)(=O)Nc1ccc(Br)cc1F. The third kappa shape index (κ3) is 3.91. The summed E-state index contributed by atoms with van der Waals surface area (Å²) < 4.78 is 46.7. The van der Waals surface area contributed by atoms with Gasteiger partial charge in [-0.25, -0.2) is 12.8 Å². The van der Waals surface area contributed by atoms with Gasteiger partial charge in [0.25, 0.3) is 10.0 Å². The van der Waals surface area contributed by atoms with E-state index in [0.29, 0.717) is 4.47 Å². The van der Waals surface area contributed by atoms with E-state index in [1.54, 1.807) is 6.92 Å². The second-order valence-electron chi connectivity index (χ2n) is 4.25. The van der Waals surface area contributed by atoms with Gasteiger partial charge in [0.2, 0.25) is 0 Å². The summed E-state index contributed by atoms with van der Waals surface area (Å²) in [6.45, 7) is 2.02. The van der Waals surface area contributed by atoms with Crippen LogP contribution in [0.4, 0.5) is 10.1 Å². The maximum Gasteiger partial charge on any atom is 0.265 e. The summed E-state index contributed by atoms with van der Waals surface area (Å²) in [6.07, 6.45) is 0. The number of ether oxygens (including phenoxy) is 1. The minimum atomic E-state index is -4.04. The van der Waals surface area contributed by atoms with Crippen molar-refractivity contribution in [3.05, 3.63) is 51.7 Å². The lowest BCUT2D eigenvalue weighted by molar-refractivity contribution is 0.331. The zero-order valence-electron chi connectivity index (χ0n) is 11.4. The van der Waals surface area contributed by atoms with Gasteiger partial charge in [-0.2, -0.15) is 0 Å². The smallest absolute Gasteiger partial charge is 0.265 e. The van der Waals surface area contributed by atoms with Gasteiger partial charge in [0.05, 0.1) is 12.3 Å². The molecule has 0 aliphatic rings. The lowest BCUT2D eigenvalue weighted by Crippen LogP contribution is -2.15. The Labute approximate surface area is 141 Å². The molecule has 0 spiro atoms. The van der Waals surface area contributed by atoms with Gasteiger partial charge in [-0.3, -0.25) is 4.72 Å². The van der Waals surface area contributed by atoms with Gasteiger partial charge >= 0.3 is 0 Å². The van der Waals surface area contributed by atoms with Crippen LogP contribution in [-0.4, -0.2) is 15.0 Å². The van der Waals surface area contributed by atoms with Crippen molar-refractivity contribution in [2.45, 2.75) is 11.8 Å². The molecule has 0 radical (unpaired) electrons. The van der Waals surface area contributed by atoms with Crippen LogP contribution in [0.1, 0.15) is 6.92 Å². The standard InChI is InChI=1S/C14H12BrClFNO3S/c1-2-21-13-6-4-10(16)8-14(13)22(19,20)18-12-5-3-9(15)7-11(12)17/h3-8,18H,2H2,1H3. The molecule has 0 aromatic heterocycles. The van der Waals surface area contributed by atoms with Crippen LogP contribution in [0.5, 0.6) is 5.75 Å². The quantitative estimate of drug-likeness (QED) is 0.795. The normalized spacial score (nSPS) is 11.3. The molecule has 2 rings (SSSR count). The van der Waals surface area contributed by atoms with Crippen molar-refractivity contribution >= 4 is 43.2 Å². The van der Waals surface area contributed by atoms with Crippen LogP contribution in [0.25, 0.3) is 0 Å². The molecule has 2 aromatic carbocycles. The number of nitrogens with one attached hydrogen (secondary N) is 1. The molecule has 0 fully saturated rings. The number of sulfonamides is 1. The van der Waals surface area contributed by atoms with Crippen LogP contribution < -0.4 is 9.46 Å². The van der Waals surface area contributed by atoms with E-state index in [9.17, 15) is 12.8 Å². The number of benzene rings is 2. The van der Waals surface area contributed by atoms with E-state index in [4.69, 9.17) is 16.3 Å². The molecule has 0 heterocycles. The molecule has 8 heteroatoms. The molecule has 0 bridgehead atoms. The Kier molecular flexibility index (Phi) is 5.31. The van der Waals surface area contributed by atoms with E-state index in [-0.39, 0.29) is 28.0 Å². The van der Waals surface area contributed by atoms with Crippen molar-refractivity contribution in [1.82, 2.24) is 0 Å². The van der Waals surface area contributed by atoms with Gasteiger partial charge in [0.15, 0.2) is 0 Å². The molecule has 0 atom stereocenters. The predicted octanol–water partition coefficient (Wildman–Crippen LogP) is 4.44. The third-order valence-electron chi connectivity index (χ3n) is 2.67. The summed E-state index contributed by atoms with van der Waals surface area (Å²) in [5.41, 5.74) is -0.161. The summed E-state index contributed by atoms with van der Waals surface area (Å²) in [5, 5.41) is 0.236. The first-order valence-corrected chi connectivity index (χ1v) is 8.89. The van der Waals surface area contributed by atoms with Crippen molar-refractivity contribution in [3.8, 4) is 5.75 Å². The van der Waals surface area contributed by atoms with E-state index in [1.165, 1.54) is 36.4 Å². The summed E-state index contributed by atoms with van der Waals surface area (Å²) >= 11 is 8.96. The van der Waals surface area contributed by atoms with E-state index in [2.05, 4.69) is 20.7 Å². The van der Waals surface area contributed by atoms with Crippen molar-refractivity contribution in [3.63, 3.8) is 0 Å². The number of hydrogen-bond acceptors (Lipinski definition) is 3. The van der Waals surface area contributed by atoms with Crippen molar-refractivity contribution in [1.29, 1.82) is 0 Å².